The summed E-state index contributed by atoms with van der Waals surface area (Å²) >= 11 is 0. The van der Waals surface area contributed by atoms with E-state index < -0.39 is 10.0 Å². The molecular weight excluding hydrogens is 257 g/mol. The predicted octanol–water partition coefficient (Wildman–Crippen LogP) is 1.28. The van der Waals surface area contributed by atoms with E-state index in [1.165, 1.54) is 29.1 Å². The molecule has 0 radical (unpaired) electrons. The first-order valence-corrected chi connectivity index (χ1v) is 6.69. The van der Waals surface area contributed by atoms with E-state index >= 15 is 0 Å². The highest BCUT2D eigenvalue weighted by atomic mass is 32.2. The van der Waals surface area contributed by atoms with Gasteiger partial charge in [-0.2, -0.15) is 5.10 Å². The second kappa shape index (κ2) is 4.18. The number of halogens is 1. The van der Waals surface area contributed by atoms with E-state index in [0.29, 0.717) is 16.9 Å². The molecule has 1 aromatic heterocycles. The zero-order chi connectivity index (χ0) is 13.5. The normalized spacial score (nSPS) is 11.8. The van der Waals surface area contributed by atoms with Gasteiger partial charge >= 0.3 is 0 Å². The van der Waals surface area contributed by atoms with E-state index in [1.807, 2.05) is 0 Å². The van der Waals surface area contributed by atoms with Crippen LogP contribution >= 0.6 is 0 Å². The summed E-state index contributed by atoms with van der Waals surface area (Å²) in [5, 5.41) is 9.05. The van der Waals surface area contributed by atoms with Gasteiger partial charge in [-0.3, -0.25) is 0 Å². The molecule has 0 spiro atoms. The smallest absolute Gasteiger partial charge is 0.236 e. The molecule has 5 nitrogen and oxygen atoms in total. The molecule has 1 heterocycles. The van der Waals surface area contributed by atoms with Gasteiger partial charge in [-0.05, 0) is 37.6 Å². The lowest BCUT2D eigenvalue weighted by atomic mass is 10.2. The monoisotopic (exact) mass is 269 g/mol. The summed E-state index contributed by atoms with van der Waals surface area (Å²) in [6.07, 6.45) is 1.19. The first kappa shape index (κ1) is 12.7. The maximum atomic E-state index is 13.0. The molecule has 2 N–H and O–H groups in total. The number of benzene rings is 1. The molecule has 96 valence electrons. The van der Waals surface area contributed by atoms with Gasteiger partial charge in [0.25, 0.3) is 0 Å². The summed E-state index contributed by atoms with van der Waals surface area (Å²) in [5.41, 5.74) is 1.66. The first-order valence-electron chi connectivity index (χ1n) is 5.14. The third-order valence-electron chi connectivity index (χ3n) is 2.66. The van der Waals surface area contributed by atoms with Crippen LogP contribution in [-0.2, 0) is 10.0 Å². The molecule has 2 rings (SSSR count). The van der Waals surface area contributed by atoms with Crippen molar-refractivity contribution >= 4 is 10.0 Å². The van der Waals surface area contributed by atoms with Crippen molar-refractivity contribution in [1.29, 1.82) is 0 Å². The molecule has 18 heavy (non-hydrogen) atoms. The number of hydrogen-bond donors (Lipinski definition) is 1. The van der Waals surface area contributed by atoms with Gasteiger partial charge in [0.05, 0.1) is 17.6 Å². The molecule has 7 heteroatoms. The zero-order valence-electron chi connectivity index (χ0n) is 9.88. The summed E-state index contributed by atoms with van der Waals surface area (Å²) in [6, 6.07) is 4.19. The number of nitrogens with zero attached hydrogens (tertiary/aromatic N) is 2. The van der Waals surface area contributed by atoms with Gasteiger partial charge in [0.1, 0.15) is 10.7 Å². The highest BCUT2D eigenvalue weighted by molar-refractivity contribution is 7.89. The van der Waals surface area contributed by atoms with Crippen LogP contribution in [0.15, 0.2) is 29.3 Å². The van der Waals surface area contributed by atoms with Crippen molar-refractivity contribution in [2.24, 2.45) is 5.14 Å². The molecule has 0 aliphatic carbocycles. The van der Waals surface area contributed by atoms with Crippen molar-refractivity contribution < 1.29 is 12.8 Å². The molecule has 0 fully saturated rings. The van der Waals surface area contributed by atoms with E-state index in [1.54, 1.807) is 13.8 Å². The lowest BCUT2D eigenvalue weighted by Gasteiger charge is -2.08. The molecule has 0 aliphatic heterocycles. The fraction of sp³-hybridized carbons (Fsp3) is 0.182. The Kier molecular flexibility index (Phi) is 2.95. The van der Waals surface area contributed by atoms with Crippen LogP contribution in [0.4, 0.5) is 4.39 Å². The van der Waals surface area contributed by atoms with E-state index in [9.17, 15) is 12.8 Å². The van der Waals surface area contributed by atoms with Crippen molar-refractivity contribution in [1.82, 2.24) is 9.78 Å². The minimum absolute atomic E-state index is 0.0359. The van der Waals surface area contributed by atoms with Gasteiger partial charge < -0.3 is 0 Å². The maximum Gasteiger partial charge on any atom is 0.241 e. The molecule has 0 atom stereocenters. The molecule has 0 unspecified atom stereocenters. The second-order valence-corrected chi connectivity index (χ2v) is 5.51. The molecule has 0 bridgehead atoms. The first-order chi connectivity index (χ1) is 8.30. The predicted molar refractivity (Wildman–Crippen MR) is 64.4 cm³/mol. The Balaban J connectivity index is 2.63. The lowest BCUT2D eigenvalue weighted by molar-refractivity contribution is 0.597. The molecule has 2 aromatic rings. The topological polar surface area (TPSA) is 78.0 Å². The average Bonchev–Trinajstić information content (AvgIpc) is 2.60. The quantitative estimate of drug-likeness (QED) is 0.892. The van der Waals surface area contributed by atoms with Gasteiger partial charge in [0.15, 0.2) is 0 Å². The van der Waals surface area contributed by atoms with E-state index in [0.717, 1.165) is 0 Å². The van der Waals surface area contributed by atoms with Crippen LogP contribution in [0.1, 0.15) is 11.3 Å². The second-order valence-electron chi connectivity index (χ2n) is 3.98. The lowest BCUT2D eigenvalue weighted by Crippen LogP contribution is -2.13. The fourth-order valence-corrected chi connectivity index (χ4v) is 2.47. The van der Waals surface area contributed by atoms with Crippen LogP contribution in [0.2, 0.25) is 0 Å². The van der Waals surface area contributed by atoms with Gasteiger partial charge in [-0.1, -0.05) is 0 Å². The van der Waals surface area contributed by atoms with Crippen molar-refractivity contribution in [3.05, 3.63) is 41.5 Å². The molecule has 0 saturated heterocycles. The summed E-state index contributed by atoms with van der Waals surface area (Å²) in [4.78, 5) is -0.0359. The third kappa shape index (κ3) is 2.14. The highest BCUT2D eigenvalue weighted by Crippen LogP contribution is 2.20. The van der Waals surface area contributed by atoms with Gasteiger partial charge in [0.2, 0.25) is 10.0 Å². The van der Waals surface area contributed by atoms with Crippen LogP contribution in [0.25, 0.3) is 5.69 Å². The zero-order valence-corrected chi connectivity index (χ0v) is 10.7. The molecule has 0 aliphatic rings. The number of sulfonamides is 1. The largest absolute Gasteiger partial charge is 0.241 e. The Labute approximate surface area is 104 Å². The van der Waals surface area contributed by atoms with Gasteiger partial charge in [-0.15, -0.1) is 0 Å². The van der Waals surface area contributed by atoms with Crippen LogP contribution in [-0.4, -0.2) is 18.2 Å². The summed E-state index contributed by atoms with van der Waals surface area (Å²) < 4.78 is 37.0. The summed E-state index contributed by atoms with van der Waals surface area (Å²) in [5.74, 6) is -0.354. The van der Waals surface area contributed by atoms with Crippen molar-refractivity contribution in [2.75, 3.05) is 0 Å². The summed E-state index contributed by atoms with van der Waals surface area (Å²) in [6.45, 7) is 3.31. The SMILES string of the molecule is Cc1cc(F)ccc1-n1ncc(S(N)(=O)=O)c1C. The average molecular weight is 269 g/mol. The fourth-order valence-electron chi connectivity index (χ4n) is 1.77. The van der Waals surface area contributed by atoms with E-state index in [-0.39, 0.29) is 10.7 Å². The Hall–Kier alpha value is -1.73. The highest BCUT2D eigenvalue weighted by Gasteiger charge is 2.18. The van der Waals surface area contributed by atoms with E-state index in [2.05, 4.69) is 5.10 Å². The van der Waals surface area contributed by atoms with Crippen LogP contribution < -0.4 is 5.14 Å². The number of rotatable bonds is 2. The number of aromatic nitrogens is 2. The maximum absolute atomic E-state index is 13.0. The standard InChI is InChI=1S/C11H12FN3O2S/c1-7-5-9(12)3-4-10(7)15-8(2)11(6-14-15)18(13,16)17/h3-6H,1-2H3,(H2,13,16,17). The van der Waals surface area contributed by atoms with Crippen LogP contribution in [0.5, 0.6) is 0 Å². The summed E-state index contributed by atoms with van der Waals surface area (Å²) in [7, 11) is -3.80. The van der Waals surface area contributed by atoms with Crippen molar-refractivity contribution in [2.45, 2.75) is 18.7 Å². The van der Waals surface area contributed by atoms with Crippen LogP contribution in [0.3, 0.4) is 0 Å². The minimum atomic E-state index is -3.80. The number of hydrogen-bond acceptors (Lipinski definition) is 3. The third-order valence-corrected chi connectivity index (χ3v) is 3.67. The number of nitrogens with two attached hydrogens (primary N) is 1. The number of primary sulfonamides is 1. The molecular formula is C11H12FN3O2S. The van der Waals surface area contributed by atoms with Crippen molar-refractivity contribution in [3.8, 4) is 5.69 Å². The molecule has 1 aromatic carbocycles. The Morgan fingerprint density at radius 1 is 1.33 bits per heavy atom. The molecule has 0 amide bonds. The Morgan fingerprint density at radius 2 is 2.00 bits per heavy atom. The van der Waals surface area contributed by atoms with Gasteiger partial charge in [0, 0.05) is 0 Å². The minimum Gasteiger partial charge on any atom is -0.236 e. The Morgan fingerprint density at radius 3 is 2.50 bits per heavy atom. The molecule has 0 saturated carbocycles. The van der Waals surface area contributed by atoms with Gasteiger partial charge in [-0.25, -0.2) is 22.6 Å². The number of aryl methyl sites for hydroxylation is 1. The van der Waals surface area contributed by atoms with E-state index in [4.69, 9.17) is 5.14 Å². The van der Waals surface area contributed by atoms with Crippen LogP contribution in [0, 0.1) is 19.7 Å². The Bertz CT molecular complexity index is 707. The van der Waals surface area contributed by atoms with Crippen molar-refractivity contribution in [3.63, 3.8) is 0 Å².